The lowest BCUT2D eigenvalue weighted by atomic mass is 10.2. The molecule has 0 aliphatic rings. The average molecular weight is 248 g/mol. The summed E-state index contributed by atoms with van der Waals surface area (Å²) in [4.78, 5) is 32.4. The lowest BCUT2D eigenvalue weighted by molar-refractivity contribution is -0.141. The average Bonchev–Trinajstić information content (AvgIpc) is 2.23. The van der Waals surface area contributed by atoms with E-state index in [2.05, 4.69) is 10.6 Å². The molecule has 0 fully saturated rings. The first-order valence-electron chi connectivity index (χ1n) is 4.74. The molecular weight excluding hydrogens is 232 g/mol. The third-order valence-corrected chi connectivity index (χ3v) is 2.57. The third-order valence-electron chi connectivity index (χ3n) is 1.93. The van der Waals surface area contributed by atoms with Gasteiger partial charge < -0.3 is 15.7 Å². The van der Waals surface area contributed by atoms with Gasteiger partial charge in [-0.1, -0.05) is 0 Å². The van der Waals surface area contributed by atoms with Crippen molar-refractivity contribution in [2.24, 2.45) is 0 Å². The third kappa shape index (κ3) is 5.59. The Morgan fingerprint density at radius 2 is 2.12 bits per heavy atom. The number of hydrogen-bond acceptors (Lipinski definition) is 4. The number of amides is 2. The predicted octanol–water partition coefficient (Wildman–Crippen LogP) is -0.557. The number of nitrogens with one attached hydrogen (secondary N) is 2. The molecule has 0 radical (unpaired) electrons. The first-order valence-corrected chi connectivity index (χ1v) is 6.14. The van der Waals surface area contributed by atoms with Crippen molar-refractivity contribution in [2.75, 3.05) is 12.0 Å². The molecular formula is C9H16N2O4S. The molecule has 0 aromatic carbocycles. The molecule has 0 unspecified atom stereocenters. The maximum absolute atomic E-state index is 11.5. The molecule has 0 aromatic heterocycles. The number of carboxylic acids is 1. The number of aliphatic carboxylic acids is 1. The van der Waals surface area contributed by atoms with Crippen LogP contribution in [0.2, 0.25) is 0 Å². The van der Waals surface area contributed by atoms with Crippen molar-refractivity contribution in [1.29, 1.82) is 0 Å². The van der Waals surface area contributed by atoms with E-state index in [-0.39, 0.29) is 0 Å². The molecule has 0 heterocycles. The van der Waals surface area contributed by atoms with Gasteiger partial charge in [0.2, 0.25) is 12.3 Å². The maximum Gasteiger partial charge on any atom is 0.325 e. The van der Waals surface area contributed by atoms with Crippen LogP contribution in [0.1, 0.15) is 13.3 Å². The molecule has 0 aliphatic carbocycles. The summed E-state index contributed by atoms with van der Waals surface area (Å²) >= 11 is 1.55. The van der Waals surface area contributed by atoms with Crippen LogP contribution in [0.25, 0.3) is 0 Å². The molecule has 2 amide bonds. The fraction of sp³-hybridized carbons (Fsp3) is 0.667. The lowest BCUT2D eigenvalue weighted by Crippen LogP contribution is -2.49. The van der Waals surface area contributed by atoms with Gasteiger partial charge in [-0.05, 0) is 25.4 Å². The minimum absolute atomic E-state index is 0.440. The molecule has 0 rings (SSSR count). The van der Waals surface area contributed by atoms with Gasteiger partial charge >= 0.3 is 5.97 Å². The number of carbonyl (C=O) groups is 3. The number of carbonyl (C=O) groups excluding carboxylic acids is 2. The fourth-order valence-corrected chi connectivity index (χ4v) is 1.46. The smallest absolute Gasteiger partial charge is 0.325 e. The Morgan fingerprint density at radius 3 is 2.56 bits per heavy atom. The number of carboxylic acid groups (broad SMARTS) is 1. The van der Waals surface area contributed by atoms with E-state index < -0.39 is 24.0 Å². The summed E-state index contributed by atoms with van der Waals surface area (Å²) in [5.74, 6) is -0.875. The van der Waals surface area contributed by atoms with Crippen LogP contribution in [0.4, 0.5) is 0 Å². The van der Waals surface area contributed by atoms with Crippen molar-refractivity contribution in [3.05, 3.63) is 0 Å². The summed E-state index contributed by atoms with van der Waals surface area (Å²) in [7, 11) is 0. The maximum atomic E-state index is 11.5. The van der Waals surface area contributed by atoms with Crippen LogP contribution in [0.5, 0.6) is 0 Å². The van der Waals surface area contributed by atoms with Crippen LogP contribution in [-0.2, 0) is 14.4 Å². The zero-order chi connectivity index (χ0) is 12.6. The fourth-order valence-electron chi connectivity index (χ4n) is 0.984. The molecule has 0 aromatic rings. The van der Waals surface area contributed by atoms with Gasteiger partial charge in [0.1, 0.15) is 12.1 Å². The molecule has 7 heteroatoms. The Kier molecular flexibility index (Phi) is 7.36. The molecule has 6 nitrogen and oxygen atoms in total. The highest BCUT2D eigenvalue weighted by molar-refractivity contribution is 7.98. The minimum Gasteiger partial charge on any atom is -0.480 e. The SMILES string of the molecule is CSCC[C@H](NC=O)C(=O)N[C@@H](C)C(=O)O. The normalized spacial score (nSPS) is 13.6. The van der Waals surface area contributed by atoms with Gasteiger partial charge in [-0.3, -0.25) is 14.4 Å². The zero-order valence-electron chi connectivity index (χ0n) is 9.23. The number of hydrogen-bond donors (Lipinski definition) is 3. The van der Waals surface area contributed by atoms with Crippen molar-refractivity contribution < 1.29 is 19.5 Å². The second-order valence-electron chi connectivity index (χ2n) is 3.19. The van der Waals surface area contributed by atoms with Crippen molar-refractivity contribution in [2.45, 2.75) is 25.4 Å². The minimum atomic E-state index is -1.11. The first kappa shape index (κ1) is 14.8. The van der Waals surface area contributed by atoms with Gasteiger partial charge in [0.25, 0.3) is 0 Å². The van der Waals surface area contributed by atoms with Gasteiger partial charge in [0.05, 0.1) is 0 Å². The van der Waals surface area contributed by atoms with Crippen LogP contribution < -0.4 is 10.6 Å². The zero-order valence-corrected chi connectivity index (χ0v) is 10.0. The van der Waals surface area contributed by atoms with Crippen molar-refractivity contribution in [3.8, 4) is 0 Å². The highest BCUT2D eigenvalue weighted by atomic mass is 32.2. The summed E-state index contributed by atoms with van der Waals surface area (Å²) < 4.78 is 0. The number of thioether (sulfide) groups is 1. The van der Waals surface area contributed by atoms with Crippen molar-refractivity contribution in [3.63, 3.8) is 0 Å². The molecule has 0 saturated heterocycles. The van der Waals surface area contributed by atoms with Crippen LogP contribution in [0.3, 0.4) is 0 Å². The van der Waals surface area contributed by atoms with Crippen molar-refractivity contribution in [1.82, 2.24) is 10.6 Å². The largest absolute Gasteiger partial charge is 0.480 e. The van der Waals surface area contributed by atoms with Crippen LogP contribution in [0, 0.1) is 0 Å². The van der Waals surface area contributed by atoms with Crippen LogP contribution >= 0.6 is 11.8 Å². The summed E-state index contributed by atoms with van der Waals surface area (Å²) in [5.41, 5.74) is 0. The Morgan fingerprint density at radius 1 is 1.50 bits per heavy atom. The Hall–Kier alpha value is -1.24. The molecule has 92 valence electrons. The van der Waals surface area contributed by atoms with Gasteiger partial charge in [-0.25, -0.2) is 0 Å². The van der Waals surface area contributed by atoms with Gasteiger partial charge in [0, 0.05) is 0 Å². The molecule has 16 heavy (non-hydrogen) atoms. The van der Waals surface area contributed by atoms with Gasteiger partial charge in [-0.2, -0.15) is 11.8 Å². The molecule has 0 aliphatic heterocycles. The van der Waals surface area contributed by atoms with Gasteiger partial charge in [0.15, 0.2) is 0 Å². The Balaban J connectivity index is 4.25. The van der Waals surface area contributed by atoms with E-state index in [1.165, 1.54) is 6.92 Å². The van der Waals surface area contributed by atoms with E-state index in [1.54, 1.807) is 11.8 Å². The van der Waals surface area contributed by atoms with E-state index in [4.69, 9.17) is 5.11 Å². The summed E-state index contributed by atoms with van der Waals surface area (Å²) in [6, 6.07) is -1.63. The van der Waals surface area contributed by atoms with E-state index in [1.807, 2.05) is 6.26 Å². The quantitative estimate of drug-likeness (QED) is 0.501. The second kappa shape index (κ2) is 7.98. The first-order chi connectivity index (χ1) is 7.52. The Bertz CT molecular complexity index is 260. The molecule has 2 atom stereocenters. The van der Waals surface area contributed by atoms with E-state index >= 15 is 0 Å². The number of rotatable bonds is 8. The molecule has 0 saturated carbocycles. The highest BCUT2D eigenvalue weighted by Crippen LogP contribution is 2.01. The van der Waals surface area contributed by atoms with E-state index in [9.17, 15) is 14.4 Å². The van der Waals surface area contributed by atoms with E-state index in [0.717, 1.165) is 0 Å². The monoisotopic (exact) mass is 248 g/mol. The topological polar surface area (TPSA) is 95.5 Å². The van der Waals surface area contributed by atoms with Crippen LogP contribution in [0.15, 0.2) is 0 Å². The summed E-state index contributed by atoms with van der Waals surface area (Å²) in [6.07, 6.45) is 2.80. The summed E-state index contributed by atoms with van der Waals surface area (Å²) in [5, 5.41) is 13.3. The predicted molar refractivity (Wildman–Crippen MR) is 61.2 cm³/mol. The highest BCUT2D eigenvalue weighted by Gasteiger charge is 2.21. The molecule has 0 spiro atoms. The van der Waals surface area contributed by atoms with Crippen LogP contribution in [-0.4, -0.2) is 47.5 Å². The Labute approximate surface area is 98.2 Å². The van der Waals surface area contributed by atoms with Gasteiger partial charge in [-0.15, -0.1) is 0 Å². The molecule has 0 bridgehead atoms. The standard InChI is InChI=1S/C9H16N2O4S/c1-6(9(14)15)11-8(13)7(10-5-12)3-4-16-2/h5-7H,3-4H2,1-2H3,(H,10,12)(H,11,13)(H,14,15)/t6-,7-/m0/s1. The summed E-state index contributed by atoms with van der Waals surface area (Å²) in [6.45, 7) is 1.37. The lowest BCUT2D eigenvalue weighted by Gasteiger charge is -2.17. The van der Waals surface area contributed by atoms with Crippen molar-refractivity contribution >= 4 is 30.0 Å². The van der Waals surface area contributed by atoms with E-state index in [0.29, 0.717) is 18.6 Å². The molecule has 3 N–H and O–H groups in total. The second-order valence-corrected chi connectivity index (χ2v) is 4.17.